The summed E-state index contributed by atoms with van der Waals surface area (Å²) in [5.41, 5.74) is 2.04. The van der Waals surface area contributed by atoms with Crippen molar-refractivity contribution in [3.05, 3.63) is 35.0 Å². The Hall–Kier alpha value is -1.28. The monoisotopic (exact) mass is 235 g/mol. The van der Waals surface area contributed by atoms with Gasteiger partial charge in [-0.05, 0) is 17.7 Å². The first-order valence-electron chi connectivity index (χ1n) is 5.42. The number of carbonyl (C=O) groups excluding carboxylic acids is 1. The van der Waals surface area contributed by atoms with Crippen LogP contribution in [-0.2, 0) is 4.79 Å². The van der Waals surface area contributed by atoms with Crippen LogP contribution in [0.1, 0.15) is 31.7 Å². The molecule has 0 saturated heterocycles. The number of nitrogens with one attached hydrogen (secondary N) is 1. The van der Waals surface area contributed by atoms with E-state index < -0.39 is 0 Å². The van der Waals surface area contributed by atoms with Crippen molar-refractivity contribution in [2.24, 2.45) is 0 Å². The van der Waals surface area contributed by atoms with Crippen LogP contribution in [0.25, 0.3) is 10.9 Å². The number of hydrogen-bond donors (Lipinski definition) is 1. The maximum atomic E-state index is 11.7. The molecule has 0 aliphatic carbocycles. The molecule has 0 fully saturated rings. The summed E-state index contributed by atoms with van der Waals surface area (Å²) in [5, 5.41) is 1.79. The average Bonchev–Trinajstić information content (AvgIpc) is 2.69. The Balaban J connectivity index is 2.50. The quantitative estimate of drug-likeness (QED) is 0.860. The van der Waals surface area contributed by atoms with Gasteiger partial charge < -0.3 is 4.98 Å². The Morgan fingerprint density at radius 2 is 2.25 bits per heavy atom. The SMILES string of the molecule is CCC(=O)C(C)c1c[nH]c2cc(Cl)ccc12. The van der Waals surface area contributed by atoms with E-state index in [4.69, 9.17) is 11.6 Å². The Bertz CT molecular complexity index is 530. The van der Waals surface area contributed by atoms with Crippen molar-refractivity contribution in [2.75, 3.05) is 0 Å². The van der Waals surface area contributed by atoms with Gasteiger partial charge in [-0.15, -0.1) is 0 Å². The minimum atomic E-state index is -0.0556. The second kappa shape index (κ2) is 4.30. The van der Waals surface area contributed by atoms with Gasteiger partial charge in [0.2, 0.25) is 0 Å². The van der Waals surface area contributed by atoms with Crippen LogP contribution in [0.4, 0.5) is 0 Å². The highest BCUT2D eigenvalue weighted by atomic mass is 35.5. The van der Waals surface area contributed by atoms with Crippen LogP contribution in [-0.4, -0.2) is 10.8 Å². The van der Waals surface area contributed by atoms with Crippen LogP contribution >= 0.6 is 11.6 Å². The number of ketones is 1. The molecule has 1 unspecified atom stereocenters. The number of aromatic nitrogens is 1. The van der Waals surface area contributed by atoms with Gasteiger partial charge in [-0.1, -0.05) is 31.5 Å². The lowest BCUT2D eigenvalue weighted by Gasteiger charge is -2.07. The highest BCUT2D eigenvalue weighted by molar-refractivity contribution is 6.31. The molecule has 0 bridgehead atoms. The van der Waals surface area contributed by atoms with Gasteiger partial charge in [0, 0.05) is 34.5 Å². The third-order valence-corrected chi connectivity index (χ3v) is 3.21. The predicted octanol–water partition coefficient (Wildman–Crippen LogP) is 3.90. The van der Waals surface area contributed by atoms with E-state index in [1.165, 1.54) is 0 Å². The molecule has 0 aliphatic rings. The molecule has 3 heteroatoms. The normalized spacial score (nSPS) is 12.9. The molecule has 0 saturated carbocycles. The molecule has 16 heavy (non-hydrogen) atoms. The topological polar surface area (TPSA) is 32.9 Å². The molecule has 1 aromatic carbocycles. The van der Waals surface area contributed by atoms with Crippen LogP contribution < -0.4 is 0 Å². The fraction of sp³-hybridized carbons (Fsp3) is 0.308. The molecule has 1 atom stereocenters. The Kier molecular flexibility index (Phi) is 3.01. The lowest BCUT2D eigenvalue weighted by atomic mass is 9.95. The van der Waals surface area contributed by atoms with Gasteiger partial charge >= 0.3 is 0 Å². The number of aromatic amines is 1. The summed E-state index contributed by atoms with van der Waals surface area (Å²) in [6.45, 7) is 3.84. The zero-order valence-electron chi connectivity index (χ0n) is 9.38. The Morgan fingerprint density at radius 3 is 2.94 bits per heavy atom. The molecular formula is C13H14ClNO. The highest BCUT2D eigenvalue weighted by Gasteiger charge is 2.16. The number of fused-ring (bicyclic) bond motifs is 1. The molecule has 2 nitrogen and oxygen atoms in total. The lowest BCUT2D eigenvalue weighted by molar-refractivity contribution is -0.119. The van der Waals surface area contributed by atoms with Gasteiger partial charge in [0.05, 0.1) is 0 Å². The van der Waals surface area contributed by atoms with Crippen molar-refractivity contribution in [1.29, 1.82) is 0 Å². The van der Waals surface area contributed by atoms with Crippen molar-refractivity contribution < 1.29 is 4.79 Å². The smallest absolute Gasteiger partial charge is 0.139 e. The van der Waals surface area contributed by atoms with Crippen LogP contribution in [0.3, 0.4) is 0 Å². The lowest BCUT2D eigenvalue weighted by Crippen LogP contribution is -2.06. The third kappa shape index (κ3) is 1.85. The number of hydrogen-bond acceptors (Lipinski definition) is 1. The van der Waals surface area contributed by atoms with E-state index in [1.807, 2.05) is 38.2 Å². The average molecular weight is 236 g/mol. The van der Waals surface area contributed by atoms with E-state index >= 15 is 0 Å². The molecular weight excluding hydrogens is 222 g/mol. The molecule has 84 valence electrons. The number of carbonyl (C=O) groups is 1. The Labute approximate surface area is 99.6 Å². The van der Waals surface area contributed by atoms with Gasteiger partial charge in [0.1, 0.15) is 5.78 Å². The second-order valence-electron chi connectivity index (χ2n) is 3.98. The van der Waals surface area contributed by atoms with Crippen LogP contribution in [0.5, 0.6) is 0 Å². The van der Waals surface area contributed by atoms with Crippen LogP contribution in [0.15, 0.2) is 24.4 Å². The molecule has 0 radical (unpaired) electrons. The van der Waals surface area contributed by atoms with E-state index in [0.29, 0.717) is 11.4 Å². The van der Waals surface area contributed by atoms with Gasteiger partial charge in [0.25, 0.3) is 0 Å². The van der Waals surface area contributed by atoms with Crippen LogP contribution in [0.2, 0.25) is 5.02 Å². The van der Waals surface area contributed by atoms with Gasteiger partial charge in [-0.25, -0.2) is 0 Å². The maximum absolute atomic E-state index is 11.7. The third-order valence-electron chi connectivity index (χ3n) is 2.97. The van der Waals surface area contributed by atoms with Crippen molar-refractivity contribution >= 4 is 28.3 Å². The van der Waals surface area contributed by atoms with E-state index in [9.17, 15) is 4.79 Å². The van der Waals surface area contributed by atoms with Gasteiger partial charge in [0.15, 0.2) is 0 Å². The van der Waals surface area contributed by atoms with Gasteiger partial charge in [-0.3, -0.25) is 4.79 Å². The molecule has 0 aliphatic heterocycles. The number of Topliss-reactive ketones (excluding diaryl/α,β-unsaturated/α-hetero) is 1. The number of rotatable bonds is 3. The summed E-state index contributed by atoms with van der Waals surface area (Å²) in [7, 11) is 0. The minimum Gasteiger partial charge on any atom is -0.361 e. The molecule has 1 heterocycles. The first kappa shape index (κ1) is 11.2. The van der Waals surface area contributed by atoms with Crippen LogP contribution in [0, 0.1) is 0 Å². The molecule has 2 rings (SSSR count). The zero-order valence-corrected chi connectivity index (χ0v) is 10.1. The van der Waals surface area contributed by atoms with Gasteiger partial charge in [-0.2, -0.15) is 0 Å². The fourth-order valence-corrected chi connectivity index (χ4v) is 2.13. The summed E-state index contributed by atoms with van der Waals surface area (Å²) in [6.07, 6.45) is 2.47. The van der Waals surface area contributed by atoms with Crippen molar-refractivity contribution in [3.63, 3.8) is 0 Å². The summed E-state index contributed by atoms with van der Waals surface area (Å²) in [4.78, 5) is 14.8. The summed E-state index contributed by atoms with van der Waals surface area (Å²) >= 11 is 5.91. The summed E-state index contributed by atoms with van der Waals surface area (Å²) < 4.78 is 0. The van der Waals surface area contributed by atoms with E-state index in [0.717, 1.165) is 16.5 Å². The van der Waals surface area contributed by atoms with Crippen molar-refractivity contribution in [1.82, 2.24) is 4.98 Å². The summed E-state index contributed by atoms with van der Waals surface area (Å²) in [5.74, 6) is 0.204. The fourth-order valence-electron chi connectivity index (χ4n) is 1.96. The molecule has 2 aromatic rings. The van der Waals surface area contributed by atoms with E-state index in [1.54, 1.807) is 0 Å². The second-order valence-corrected chi connectivity index (χ2v) is 4.41. The predicted molar refractivity (Wildman–Crippen MR) is 67.0 cm³/mol. The van der Waals surface area contributed by atoms with E-state index in [-0.39, 0.29) is 11.7 Å². The Morgan fingerprint density at radius 1 is 1.50 bits per heavy atom. The molecule has 1 N–H and O–H groups in total. The van der Waals surface area contributed by atoms with Crippen molar-refractivity contribution in [3.8, 4) is 0 Å². The number of H-pyrrole nitrogens is 1. The minimum absolute atomic E-state index is 0.0556. The standard InChI is InChI=1S/C13H14ClNO/c1-3-13(16)8(2)11-7-15-12-6-9(14)4-5-10(11)12/h4-8,15H,3H2,1-2H3. The summed E-state index contributed by atoms with van der Waals surface area (Å²) in [6, 6.07) is 5.69. The molecule has 1 aromatic heterocycles. The maximum Gasteiger partial charge on any atom is 0.139 e. The first-order chi connectivity index (χ1) is 7.63. The zero-order chi connectivity index (χ0) is 11.7. The van der Waals surface area contributed by atoms with E-state index in [2.05, 4.69) is 4.98 Å². The number of halogens is 1. The molecule has 0 amide bonds. The van der Waals surface area contributed by atoms with Crippen molar-refractivity contribution in [2.45, 2.75) is 26.2 Å². The first-order valence-corrected chi connectivity index (χ1v) is 5.80. The highest BCUT2D eigenvalue weighted by Crippen LogP contribution is 2.28. The largest absolute Gasteiger partial charge is 0.361 e. The molecule has 0 spiro atoms. The number of benzene rings is 1.